The SMILES string of the molecule is Cc1ccc(-c2coc(-c3ccc(NC(=O)NCc4cccc(F)c4)cc3)n2)c(C)c1. The molecule has 0 unspecified atom stereocenters. The number of aryl methyl sites for hydroxylation is 2. The second-order valence-corrected chi connectivity index (χ2v) is 7.37. The minimum atomic E-state index is -0.370. The molecule has 2 amide bonds. The molecule has 31 heavy (non-hydrogen) atoms. The molecule has 0 bridgehead atoms. The van der Waals surface area contributed by atoms with E-state index in [9.17, 15) is 9.18 Å². The summed E-state index contributed by atoms with van der Waals surface area (Å²) >= 11 is 0. The predicted octanol–water partition coefficient (Wildman–Crippen LogP) is 6.09. The second kappa shape index (κ2) is 8.83. The molecule has 0 fully saturated rings. The number of urea groups is 1. The minimum Gasteiger partial charge on any atom is -0.444 e. The Morgan fingerprint density at radius 2 is 1.84 bits per heavy atom. The first kappa shape index (κ1) is 20.3. The van der Waals surface area contributed by atoms with Gasteiger partial charge in [0.15, 0.2) is 0 Å². The third kappa shape index (κ3) is 4.98. The fourth-order valence-corrected chi connectivity index (χ4v) is 3.33. The van der Waals surface area contributed by atoms with Gasteiger partial charge in [-0.1, -0.05) is 35.9 Å². The number of benzene rings is 3. The van der Waals surface area contributed by atoms with Crippen molar-refractivity contribution in [2.24, 2.45) is 0 Å². The number of anilines is 1. The molecular weight excluding hydrogens is 393 g/mol. The van der Waals surface area contributed by atoms with Gasteiger partial charge in [-0.2, -0.15) is 0 Å². The van der Waals surface area contributed by atoms with E-state index in [1.165, 1.54) is 17.7 Å². The lowest BCUT2D eigenvalue weighted by Gasteiger charge is -2.08. The van der Waals surface area contributed by atoms with Crippen molar-refractivity contribution in [2.45, 2.75) is 20.4 Å². The molecule has 0 spiro atoms. The number of hydrogen-bond acceptors (Lipinski definition) is 3. The molecule has 2 N–H and O–H groups in total. The number of oxazole rings is 1. The van der Waals surface area contributed by atoms with Gasteiger partial charge in [-0.3, -0.25) is 0 Å². The van der Waals surface area contributed by atoms with E-state index in [4.69, 9.17) is 4.42 Å². The van der Waals surface area contributed by atoms with Crippen molar-refractivity contribution in [3.05, 3.63) is 95.5 Å². The fraction of sp³-hybridized carbons (Fsp3) is 0.120. The molecule has 6 heteroatoms. The molecule has 0 aliphatic heterocycles. The quantitative estimate of drug-likeness (QED) is 0.415. The standard InChI is InChI=1S/C25H22FN3O2/c1-16-6-11-22(17(2)12-16)23-15-31-24(29-23)19-7-9-21(10-8-19)28-25(30)27-14-18-4-3-5-20(26)13-18/h3-13,15H,14H2,1-2H3,(H2,27,28,30). The molecule has 5 nitrogen and oxygen atoms in total. The number of nitrogens with one attached hydrogen (secondary N) is 2. The number of halogens is 1. The van der Waals surface area contributed by atoms with Gasteiger partial charge in [0.05, 0.1) is 0 Å². The number of amides is 2. The number of aromatic nitrogens is 1. The van der Waals surface area contributed by atoms with Crippen molar-refractivity contribution >= 4 is 11.7 Å². The molecule has 0 saturated heterocycles. The van der Waals surface area contributed by atoms with Crippen LogP contribution in [0.25, 0.3) is 22.7 Å². The number of carbonyl (C=O) groups is 1. The maximum Gasteiger partial charge on any atom is 0.319 e. The molecule has 0 radical (unpaired) electrons. The van der Waals surface area contributed by atoms with E-state index in [0.717, 1.165) is 22.4 Å². The fourth-order valence-electron chi connectivity index (χ4n) is 3.33. The first-order valence-electron chi connectivity index (χ1n) is 9.91. The lowest BCUT2D eigenvalue weighted by atomic mass is 10.0. The minimum absolute atomic E-state index is 0.235. The predicted molar refractivity (Wildman–Crippen MR) is 119 cm³/mol. The maximum atomic E-state index is 13.2. The van der Waals surface area contributed by atoms with Gasteiger partial charge in [-0.05, 0) is 61.4 Å². The highest BCUT2D eigenvalue weighted by atomic mass is 19.1. The van der Waals surface area contributed by atoms with Crippen LogP contribution in [0.5, 0.6) is 0 Å². The van der Waals surface area contributed by atoms with Gasteiger partial charge in [0.25, 0.3) is 0 Å². The Morgan fingerprint density at radius 3 is 2.58 bits per heavy atom. The lowest BCUT2D eigenvalue weighted by Crippen LogP contribution is -2.28. The van der Waals surface area contributed by atoms with Crippen LogP contribution in [0, 0.1) is 19.7 Å². The summed E-state index contributed by atoms with van der Waals surface area (Å²) in [5.74, 6) is 0.180. The van der Waals surface area contributed by atoms with Crippen LogP contribution in [0.1, 0.15) is 16.7 Å². The van der Waals surface area contributed by atoms with Crippen LogP contribution in [0.15, 0.2) is 77.4 Å². The zero-order chi connectivity index (χ0) is 21.8. The van der Waals surface area contributed by atoms with Crippen molar-refractivity contribution in [1.82, 2.24) is 10.3 Å². The number of nitrogens with zero attached hydrogens (tertiary/aromatic N) is 1. The van der Waals surface area contributed by atoms with Gasteiger partial charge >= 0.3 is 6.03 Å². The number of hydrogen-bond donors (Lipinski definition) is 2. The van der Waals surface area contributed by atoms with E-state index in [1.54, 1.807) is 30.5 Å². The van der Waals surface area contributed by atoms with E-state index < -0.39 is 0 Å². The van der Waals surface area contributed by atoms with Crippen LogP contribution in [0.4, 0.5) is 14.9 Å². The average Bonchev–Trinajstić information content (AvgIpc) is 3.23. The molecule has 0 saturated carbocycles. The van der Waals surface area contributed by atoms with Gasteiger partial charge in [0.1, 0.15) is 17.8 Å². The van der Waals surface area contributed by atoms with Gasteiger partial charge in [-0.15, -0.1) is 0 Å². The third-order valence-corrected chi connectivity index (χ3v) is 4.89. The monoisotopic (exact) mass is 415 g/mol. The molecular formula is C25H22FN3O2. The van der Waals surface area contributed by atoms with Crippen LogP contribution in [0.3, 0.4) is 0 Å². The van der Waals surface area contributed by atoms with E-state index in [2.05, 4.69) is 41.6 Å². The number of carbonyl (C=O) groups excluding carboxylic acids is 1. The Labute approximate surface area is 180 Å². The van der Waals surface area contributed by atoms with Crippen molar-refractivity contribution < 1.29 is 13.6 Å². The highest BCUT2D eigenvalue weighted by Crippen LogP contribution is 2.28. The normalized spacial score (nSPS) is 10.7. The summed E-state index contributed by atoms with van der Waals surface area (Å²) in [6, 6.07) is 19.2. The van der Waals surface area contributed by atoms with E-state index >= 15 is 0 Å². The average molecular weight is 415 g/mol. The zero-order valence-electron chi connectivity index (χ0n) is 17.3. The Balaban J connectivity index is 1.39. The van der Waals surface area contributed by atoms with Crippen molar-refractivity contribution in [3.63, 3.8) is 0 Å². The zero-order valence-corrected chi connectivity index (χ0v) is 17.3. The molecule has 4 aromatic rings. The topological polar surface area (TPSA) is 67.2 Å². The van der Waals surface area contributed by atoms with Crippen molar-refractivity contribution in [3.8, 4) is 22.7 Å². The summed E-state index contributed by atoms with van der Waals surface area (Å²) in [6.45, 7) is 4.35. The molecule has 0 aliphatic carbocycles. The Kier molecular flexibility index (Phi) is 5.80. The number of rotatable bonds is 5. The Morgan fingerprint density at radius 1 is 1.03 bits per heavy atom. The summed E-state index contributed by atoms with van der Waals surface area (Å²) < 4.78 is 18.9. The van der Waals surface area contributed by atoms with Crippen molar-refractivity contribution in [2.75, 3.05) is 5.32 Å². The summed E-state index contributed by atoms with van der Waals surface area (Å²) in [6.07, 6.45) is 1.65. The van der Waals surface area contributed by atoms with Gasteiger partial charge < -0.3 is 15.1 Å². The largest absolute Gasteiger partial charge is 0.444 e. The molecule has 0 aliphatic rings. The summed E-state index contributed by atoms with van der Waals surface area (Å²) in [5, 5.41) is 5.46. The highest BCUT2D eigenvalue weighted by molar-refractivity contribution is 5.89. The first-order chi connectivity index (χ1) is 15.0. The van der Waals surface area contributed by atoms with E-state index in [0.29, 0.717) is 17.1 Å². The second-order valence-electron chi connectivity index (χ2n) is 7.37. The first-order valence-corrected chi connectivity index (χ1v) is 9.91. The maximum absolute atomic E-state index is 13.2. The molecule has 1 heterocycles. The molecule has 4 rings (SSSR count). The van der Waals surface area contributed by atoms with E-state index in [1.807, 2.05) is 18.2 Å². The summed E-state index contributed by atoms with van der Waals surface area (Å²) in [7, 11) is 0. The summed E-state index contributed by atoms with van der Waals surface area (Å²) in [5.41, 5.74) is 6.29. The van der Waals surface area contributed by atoms with Crippen molar-refractivity contribution in [1.29, 1.82) is 0 Å². The van der Waals surface area contributed by atoms with E-state index in [-0.39, 0.29) is 18.4 Å². The molecule has 0 atom stereocenters. The van der Waals surface area contributed by atoms with Crippen LogP contribution in [0.2, 0.25) is 0 Å². The van der Waals surface area contributed by atoms with Crippen LogP contribution >= 0.6 is 0 Å². The van der Waals surface area contributed by atoms with Crippen LogP contribution in [-0.2, 0) is 6.54 Å². The smallest absolute Gasteiger partial charge is 0.319 e. The highest BCUT2D eigenvalue weighted by Gasteiger charge is 2.11. The van der Waals surface area contributed by atoms with Crippen LogP contribution in [-0.4, -0.2) is 11.0 Å². The molecule has 3 aromatic carbocycles. The Hall–Kier alpha value is -3.93. The van der Waals surface area contributed by atoms with Crippen LogP contribution < -0.4 is 10.6 Å². The third-order valence-electron chi connectivity index (χ3n) is 4.89. The summed E-state index contributed by atoms with van der Waals surface area (Å²) in [4.78, 5) is 16.7. The molecule has 156 valence electrons. The Bertz CT molecular complexity index is 1220. The lowest BCUT2D eigenvalue weighted by molar-refractivity contribution is 0.251. The van der Waals surface area contributed by atoms with Gasteiger partial charge in [0.2, 0.25) is 5.89 Å². The molecule has 1 aromatic heterocycles. The van der Waals surface area contributed by atoms with Gasteiger partial charge in [0, 0.05) is 23.4 Å². The van der Waals surface area contributed by atoms with Gasteiger partial charge in [-0.25, -0.2) is 14.2 Å².